The zero-order valence-electron chi connectivity index (χ0n) is 16.5. The van der Waals surface area contributed by atoms with E-state index in [1.165, 1.54) is 23.5 Å². The molecule has 11 heteroatoms. The summed E-state index contributed by atoms with van der Waals surface area (Å²) in [6, 6.07) is 1.45. The second-order valence-electron chi connectivity index (χ2n) is 6.89. The Hall–Kier alpha value is -3.18. The molecule has 0 aliphatic carbocycles. The van der Waals surface area contributed by atoms with Crippen molar-refractivity contribution in [2.24, 2.45) is 5.10 Å². The quantitative estimate of drug-likeness (QED) is 0.539. The topological polar surface area (TPSA) is 127 Å². The number of fused-ring (bicyclic) bond motifs is 1. The number of hydrogen-bond acceptors (Lipinski definition) is 9. The van der Waals surface area contributed by atoms with Gasteiger partial charge in [-0.15, -0.1) is 0 Å². The van der Waals surface area contributed by atoms with Crippen molar-refractivity contribution >= 4 is 29.4 Å². The second-order valence-corrected chi connectivity index (χ2v) is 6.89. The number of carbonyl (C=O) groups is 2. The highest BCUT2D eigenvalue weighted by Gasteiger charge is 2.32. The van der Waals surface area contributed by atoms with Crippen LogP contribution in [0.15, 0.2) is 26.6 Å². The van der Waals surface area contributed by atoms with Crippen LogP contribution >= 0.6 is 0 Å². The molecule has 30 heavy (non-hydrogen) atoms. The first-order valence-electron chi connectivity index (χ1n) is 9.69. The third kappa shape index (κ3) is 4.21. The lowest BCUT2D eigenvalue weighted by atomic mass is 10.2. The van der Waals surface area contributed by atoms with E-state index in [1.54, 1.807) is 6.92 Å². The van der Waals surface area contributed by atoms with E-state index in [1.807, 2.05) is 0 Å². The molecule has 0 unspecified atom stereocenters. The Bertz CT molecular complexity index is 1020. The first-order chi connectivity index (χ1) is 14.5. The van der Waals surface area contributed by atoms with Crippen molar-refractivity contribution in [1.82, 2.24) is 14.9 Å². The molecule has 0 radical (unpaired) electrons. The van der Waals surface area contributed by atoms with Crippen LogP contribution in [-0.2, 0) is 14.2 Å². The van der Waals surface area contributed by atoms with Crippen molar-refractivity contribution in [2.45, 2.75) is 13.0 Å². The van der Waals surface area contributed by atoms with Crippen molar-refractivity contribution in [3.05, 3.63) is 33.8 Å². The Kier molecular flexibility index (Phi) is 5.81. The second kappa shape index (κ2) is 8.67. The summed E-state index contributed by atoms with van der Waals surface area (Å²) in [5, 5.41) is 5.52. The van der Waals surface area contributed by atoms with Gasteiger partial charge in [0.05, 0.1) is 38.0 Å². The molecule has 4 heterocycles. The fourth-order valence-corrected chi connectivity index (χ4v) is 3.35. The van der Waals surface area contributed by atoms with Crippen LogP contribution < -0.4 is 5.43 Å². The fourth-order valence-electron chi connectivity index (χ4n) is 3.35. The van der Waals surface area contributed by atoms with Crippen LogP contribution in [0.2, 0.25) is 0 Å². The number of nitrogens with zero attached hydrogens (tertiary/aromatic N) is 3. The number of H-pyrrole nitrogens is 1. The molecule has 2 aliphatic heterocycles. The molecule has 0 aromatic carbocycles. The molecular weight excluding hydrogens is 396 g/mol. The van der Waals surface area contributed by atoms with Crippen LogP contribution in [0.5, 0.6) is 0 Å². The van der Waals surface area contributed by atoms with Crippen molar-refractivity contribution in [3.63, 3.8) is 0 Å². The predicted octanol–water partition coefficient (Wildman–Crippen LogP) is 0.785. The molecule has 11 nitrogen and oxygen atoms in total. The largest absolute Gasteiger partial charge is 0.462 e. The zero-order valence-corrected chi connectivity index (χ0v) is 16.5. The average molecular weight is 418 g/mol. The van der Waals surface area contributed by atoms with Crippen molar-refractivity contribution < 1.29 is 28.2 Å². The number of amides is 1. The van der Waals surface area contributed by atoms with Crippen LogP contribution in [0.4, 0.5) is 4.79 Å². The molecular formula is C19H22N4O7. The van der Waals surface area contributed by atoms with Gasteiger partial charge in [0.1, 0.15) is 17.4 Å². The number of ether oxygens (including phenoxy) is 3. The van der Waals surface area contributed by atoms with Crippen LogP contribution in [-0.4, -0.2) is 85.3 Å². The van der Waals surface area contributed by atoms with Gasteiger partial charge < -0.3 is 23.6 Å². The highest BCUT2D eigenvalue weighted by molar-refractivity contribution is 5.94. The molecule has 0 saturated carbocycles. The normalized spacial score (nSPS) is 20.2. The molecule has 160 valence electrons. The van der Waals surface area contributed by atoms with Crippen LogP contribution in [0, 0.1) is 0 Å². The number of nitrogens with one attached hydrogen (secondary N) is 1. The maximum absolute atomic E-state index is 12.5. The molecule has 1 atom stereocenters. The van der Waals surface area contributed by atoms with Crippen LogP contribution in [0.1, 0.15) is 23.0 Å². The molecule has 2 saturated heterocycles. The summed E-state index contributed by atoms with van der Waals surface area (Å²) in [5.74, 6) is -0.452. The summed E-state index contributed by atoms with van der Waals surface area (Å²) >= 11 is 0. The molecule has 2 aromatic rings. The van der Waals surface area contributed by atoms with E-state index in [2.05, 4.69) is 15.0 Å². The molecule has 0 bridgehead atoms. The Morgan fingerprint density at radius 2 is 2.17 bits per heavy atom. The minimum absolute atomic E-state index is 0.109. The van der Waals surface area contributed by atoms with Crippen LogP contribution in [0.3, 0.4) is 0 Å². The monoisotopic (exact) mass is 418 g/mol. The fraction of sp³-hybridized carbons (Fsp3) is 0.474. The van der Waals surface area contributed by atoms with Gasteiger partial charge in [-0.05, 0) is 13.0 Å². The standard InChI is InChI=1S/C19H22N4O7/c1-2-28-18(25)15-9-20-17-14(16(15)24)7-12(29-17)8-21-23-11-13(30-19(23)26)10-22-3-5-27-6-4-22/h7-9,13H,2-6,10-11H2,1H3,(H,20,24)/b21-8+/t13-/m1/s1. The third-order valence-electron chi connectivity index (χ3n) is 4.83. The molecule has 1 amide bonds. The van der Waals surface area contributed by atoms with E-state index in [0.29, 0.717) is 26.3 Å². The summed E-state index contributed by atoms with van der Waals surface area (Å²) in [6.07, 6.45) is 1.76. The van der Waals surface area contributed by atoms with Gasteiger partial charge >= 0.3 is 12.1 Å². The molecule has 0 spiro atoms. The van der Waals surface area contributed by atoms with Gasteiger partial charge in [-0.1, -0.05) is 0 Å². The number of carbonyl (C=O) groups excluding carboxylic acids is 2. The summed E-state index contributed by atoms with van der Waals surface area (Å²) in [6.45, 7) is 5.71. The van der Waals surface area contributed by atoms with Gasteiger partial charge in [0, 0.05) is 25.8 Å². The Morgan fingerprint density at radius 1 is 1.37 bits per heavy atom. The third-order valence-corrected chi connectivity index (χ3v) is 4.83. The predicted molar refractivity (Wildman–Crippen MR) is 105 cm³/mol. The number of hydrogen-bond donors (Lipinski definition) is 1. The van der Waals surface area contributed by atoms with Gasteiger partial charge in [0.15, 0.2) is 0 Å². The highest BCUT2D eigenvalue weighted by Crippen LogP contribution is 2.16. The first-order valence-corrected chi connectivity index (χ1v) is 9.69. The summed E-state index contributed by atoms with van der Waals surface area (Å²) in [7, 11) is 0. The zero-order chi connectivity index (χ0) is 21.1. The van der Waals surface area contributed by atoms with Crippen molar-refractivity contribution in [3.8, 4) is 0 Å². The van der Waals surface area contributed by atoms with E-state index in [-0.39, 0.29) is 35.1 Å². The molecule has 1 N–H and O–H groups in total. The number of aromatic amines is 1. The van der Waals surface area contributed by atoms with E-state index < -0.39 is 17.5 Å². The number of aromatic nitrogens is 1. The van der Waals surface area contributed by atoms with Gasteiger partial charge in [0.2, 0.25) is 11.1 Å². The summed E-state index contributed by atoms with van der Waals surface area (Å²) in [5.41, 5.74) is -0.414. The number of morpholine rings is 1. The Balaban J connectivity index is 1.44. The molecule has 4 rings (SSSR count). The number of cyclic esters (lactones) is 1. The van der Waals surface area contributed by atoms with Crippen molar-refractivity contribution in [2.75, 3.05) is 46.0 Å². The summed E-state index contributed by atoms with van der Waals surface area (Å²) in [4.78, 5) is 41.3. The number of hydrazone groups is 1. The van der Waals surface area contributed by atoms with Crippen LogP contribution in [0.25, 0.3) is 11.1 Å². The molecule has 2 aliphatic rings. The first kappa shape index (κ1) is 20.1. The number of rotatable bonds is 6. The van der Waals surface area contributed by atoms with Gasteiger partial charge in [-0.2, -0.15) is 10.1 Å². The van der Waals surface area contributed by atoms with E-state index >= 15 is 0 Å². The maximum atomic E-state index is 12.5. The summed E-state index contributed by atoms with van der Waals surface area (Å²) < 4.78 is 21.1. The van der Waals surface area contributed by atoms with Crippen molar-refractivity contribution in [1.29, 1.82) is 0 Å². The van der Waals surface area contributed by atoms with Gasteiger partial charge in [-0.25, -0.2) is 9.59 Å². The lowest BCUT2D eigenvalue weighted by Gasteiger charge is -2.27. The smallest absolute Gasteiger partial charge is 0.430 e. The Labute approximate surface area is 171 Å². The molecule has 2 fully saturated rings. The number of pyridine rings is 1. The Morgan fingerprint density at radius 3 is 2.93 bits per heavy atom. The highest BCUT2D eigenvalue weighted by atomic mass is 16.6. The minimum Gasteiger partial charge on any atom is -0.462 e. The minimum atomic E-state index is -0.705. The van der Waals surface area contributed by atoms with E-state index in [4.69, 9.17) is 18.6 Å². The van der Waals surface area contributed by atoms with Gasteiger partial charge in [0.25, 0.3) is 0 Å². The number of furan rings is 1. The average Bonchev–Trinajstić information content (AvgIpc) is 3.31. The van der Waals surface area contributed by atoms with Gasteiger partial charge in [-0.3, -0.25) is 9.69 Å². The molecule has 2 aromatic heterocycles. The maximum Gasteiger partial charge on any atom is 0.430 e. The van der Waals surface area contributed by atoms with E-state index in [0.717, 1.165) is 13.1 Å². The number of esters is 1. The SMILES string of the molecule is CCOC(=O)c1c[nH]c2oc(/C=N/N3C[C@@H](CN4CCOCC4)OC3=O)cc2c1=O. The lowest BCUT2D eigenvalue weighted by molar-refractivity contribution is 0.0188. The lowest BCUT2D eigenvalue weighted by Crippen LogP contribution is -2.41. The van der Waals surface area contributed by atoms with E-state index in [9.17, 15) is 14.4 Å².